The van der Waals surface area contributed by atoms with E-state index in [1.807, 2.05) is 6.07 Å². The number of hydrogen-bond acceptors (Lipinski definition) is 2. The summed E-state index contributed by atoms with van der Waals surface area (Å²) in [5.74, 6) is -0.226. The Hall–Kier alpha value is -1.35. The maximum Gasteiger partial charge on any atom is 0.289 e. The van der Waals surface area contributed by atoms with Crippen molar-refractivity contribution < 1.29 is 9.59 Å². The number of likely N-dealkylation sites (tertiary alicyclic amines) is 1. The van der Waals surface area contributed by atoms with E-state index >= 15 is 0 Å². The van der Waals surface area contributed by atoms with Gasteiger partial charge in [0.25, 0.3) is 5.91 Å². The highest BCUT2D eigenvalue weighted by atomic mass is 35.5. The quantitative estimate of drug-likeness (QED) is 0.794. The highest BCUT2D eigenvalue weighted by molar-refractivity contribution is 6.35. The Kier molecular flexibility index (Phi) is 4.96. The molecule has 0 bridgehead atoms. The number of ketones is 1. The first-order valence-corrected chi connectivity index (χ1v) is 8.15. The maximum atomic E-state index is 11.5. The lowest BCUT2D eigenvalue weighted by Gasteiger charge is -2.39. The van der Waals surface area contributed by atoms with Gasteiger partial charge >= 0.3 is 0 Å². The third kappa shape index (κ3) is 3.89. The summed E-state index contributed by atoms with van der Waals surface area (Å²) in [5, 5.41) is 0.774. The number of aryl methyl sites for hydroxylation is 1. The summed E-state index contributed by atoms with van der Waals surface area (Å²) in [6.45, 7) is 9.32. The minimum Gasteiger partial charge on any atom is -0.335 e. The molecule has 2 rings (SSSR count). The van der Waals surface area contributed by atoms with E-state index in [0.717, 1.165) is 17.9 Å². The molecule has 3 nitrogen and oxygen atoms in total. The highest BCUT2D eigenvalue weighted by Gasteiger charge is 2.32. The van der Waals surface area contributed by atoms with E-state index in [1.165, 1.54) is 18.1 Å². The van der Waals surface area contributed by atoms with Gasteiger partial charge in [-0.05, 0) is 47.4 Å². The summed E-state index contributed by atoms with van der Waals surface area (Å²) in [5.41, 5.74) is 2.68. The van der Waals surface area contributed by atoms with Crippen molar-refractivity contribution in [1.82, 2.24) is 4.90 Å². The summed E-state index contributed by atoms with van der Waals surface area (Å²) in [7, 11) is 0. The summed E-state index contributed by atoms with van der Waals surface area (Å²) in [4.78, 5) is 24.2. The molecule has 0 atom stereocenters. The maximum absolute atomic E-state index is 11.5. The molecule has 1 fully saturated rings. The number of benzene rings is 1. The molecule has 1 aliphatic rings. The highest BCUT2D eigenvalue weighted by Crippen LogP contribution is 2.31. The number of Topliss-reactive ketones (excluding diaryl/α,β-unsaturated/α-hetero) is 1. The van der Waals surface area contributed by atoms with Gasteiger partial charge in [-0.2, -0.15) is 0 Å². The summed E-state index contributed by atoms with van der Waals surface area (Å²) in [6.07, 6.45) is 2.02. The topological polar surface area (TPSA) is 37.4 Å². The molecule has 0 aromatic heterocycles. The van der Waals surface area contributed by atoms with Crippen LogP contribution in [-0.4, -0.2) is 29.7 Å². The molecule has 0 aliphatic carbocycles. The van der Waals surface area contributed by atoms with Crippen LogP contribution in [0, 0.1) is 5.92 Å². The largest absolute Gasteiger partial charge is 0.335 e. The van der Waals surface area contributed by atoms with Gasteiger partial charge < -0.3 is 4.90 Å². The van der Waals surface area contributed by atoms with Crippen LogP contribution in [0.5, 0.6) is 0 Å². The first-order valence-electron chi connectivity index (χ1n) is 7.77. The molecule has 0 saturated carbocycles. The van der Waals surface area contributed by atoms with E-state index in [4.69, 9.17) is 11.6 Å². The average molecular weight is 322 g/mol. The Morgan fingerprint density at radius 1 is 1.27 bits per heavy atom. The second-order valence-electron chi connectivity index (χ2n) is 7.22. The van der Waals surface area contributed by atoms with E-state index < -0.39 is 0 Å². The molecule has 1 aliphatic heterocycles. The Morgan fingerprint density at radius 2 is 1.91 bits per heavy atom. The fourth-order valence-corrected chi connectivity index (χ4v) is 3.14. The number of halogens is 1. The van der Waals surface area contributed by atoms with Gasteiger partial charge in [0, 0.05) is 25.0 Å². The van der Waals surface area contributed by atoms with Crippen molar-refractivity contribution in [3.05, 3.63) is 34.3 Å². The number of rotatable bonds is 4. The first-order chi connectivity index (χ1) is 10.2. The van der Waals surface area contributed by atoms with Crippen molar-refractivity contribution in [1.29, 1.82) is 0 Å². The fourth-order valence-electron chi connectivity index (χ4n) is 2.97. The molecule has 0 N–H and O–H groups in total. The molecule has 1 amide bonds. The standard InChI is InChI=1S/C18H24ClNO2/c1-12(21)17(22)20-10-13(11-20)5-6-14-7-8-15(19)9-16(14)18(2,3)4/h7-9,13H,5-6,10-11H2,1-4H3. The number of carbonyl (C=O) groups is 2. The zero-order valence-corrected chi connectivity index (χ0v) is 14.5. The molecule has 1 aromatic rings. The van der Waals surface area contributed by atoms with Crippen LogP contribution in [0.15, 0.2) is 18.2 Å². The third-order valence-electron chi connectivity index (χ3n) is 4.25. The first kappa shape index (κ1) is 17.0. The number of hydrogen-bond donors (Lipinski definition) is 0. The molecular weight excluding hydrogens is 298 g/mol. The molecule has 4 heteroatoms. The van der Waals surface area contributed by atoms with Crippen LogP contribution in [0.4, 0.5) is 0 Å². The predicted octanol–water partition coefficient (Wildman–Crippen LogP) is 3.62. The van der Waals surface area contributed by atoms with Crippen molar-refractivity contribution in [3.63, 3.8) is 0 Å². The van der Waals surface area contributed by atoms with Crippen LogP contribution in [0.2, 0.25) is 5.02 Å². The van der Waals surface area contributed by atoms with E-state index in [0.29, 0.717) is 19.0 Å². The molecule has 1 heterocycles. The lowest BCUT2D eigenvalue weighted by molar-refractivity contribution is -0.148. The van der Waals surface area contributed by atoms with E-state index in [1.54, 1.807) is 4.90 Å². The summed E-state index contributed by atoms with van der Waals surface area (Å²) in [6, 6.07) is 6.11. The lowest BCUT2D eigenvalue weighted by Crippen LogP contribution is -2.52. The van der Waals surface area contributed by atoms with Gasteiger partial charge in [-0.15, -0.1) is 0 Å². The fraction of sp³-hybridized carbons (Fsp3) is 0.556. The number of nitrogens with zero attached hydrogens (tertiary/aromatic N) is 1. The Bertz CT molecular complexity index is 583. The molecule has 0 radical (unpaired) electrons. The van der Waals surface area contributed by atoms with Crippen molar-refractivity contribution >= 4 is 23.3 Å². The van der Waals surface area contributed by atoms with Crippen molar-refractivity contribution in [3.8, 4) is 0 Å². The van der Waals surface area contributed by atoms with E-state index in [2.05, 4.69) is 32.9 Å². The van der Waals surface area contributed by atoms with Crippen molar-refractivity contribution in [2.45, 2.75) is 46.0 Å². The molecule has 1 saturated heterocycles. The minimum atomic E-state index is -0.369. The number of amides is 1. The third-order valence-corrected chi connectivity index (χ3v) is 4.48. The van der Waals surface area contributed by atoms with Gasteiger partial charge in [-0.1, -0.05) is 38.4 Å². The van der Waals surface area contributed by atoms with Gasteiger partial charge in [-0.3, -0.25) is 9.59 Å². The van der Waals surface area contributed by atoms with Crippen molar-refractivity contribution in [2.24, 2.45) is 5.92 Å². The van der Waals surface area contributed by atoms with Crippen LogP contribution < -0.4 is 0 Å². The van der Waals surface area contributed by atoms with Crippen LogP contribution in [0.3, 0.4) is 0 Å². The van der Waals surface area contributed by atoms with E-state index in [9.17, 15) is 9.59 Å². The van der Waals surface area contributed by atoms with Gasteiger partial charge in [-0.25, -0.2) is 0 Å². The SMILES string of the molecule is CC(=O)C(=O)N1CC(CCc2ccc(Cl)cc2C(C)(C)C)C1. The molecule has 120 valence electrons. The zero-order chi connectivity index (χ0) is 16.5. The summed E-state index contributed by atoms with van der Waals surface area (Å²) < 4.78 is 0. The number of carbonyl (C=O) groups excluding carboxylic acids is 2. The minimum absolute atomic E-state index is 0.0660. The predicted molar refractivity (Wildman–Crippen MR) is 89.2 cm³/mol. The normalized spacial score (nSPS) is 15.6. The zero-order valence-electron chi connectivity index (χ0n) is 13.8. The van der Waals surface area contributed by atoms with Gasteiger partial charge in [0.2, 0.25) is 5.78 Å². The monoisotopic (exact) mass is 321 g/mol. The Balaban J connectivity index is 1.94. The Labute approximate surface area is 137 Å². The van der Waals surface area contributed by atoms with Gasteiger partial charge in [0.05, 0.1) is 0 Å². The second kappa shape index (κ2) is 6.41. The van der Waals surface area contributed by atoms with Crippen LogP contribution in [0.25, 0.3) is 0 Å². The van der Waals surface area contributed by atoms with Crippen molar-refractivity contribution in [2.75, 3.05) is 13.1 Å². The molecule has 0 spiro atoms. The van der Waals surface area contributed by atoms with Crippen LogP contribution in [0.1, 0.15) is 45.2 Å². The lowest BCUT2D eigenvalue weighted by atomic mass is 9.81. The van der Waals surface area contributed by atoms with Gasteiger partial charge in [0.15, 0.2) is 0 Å². The summed E-state index contributed by atoms with van der Waals surface area (Å²) >= 11 is 6.13. The van der Waals surface area contributed by atoms with Gasteiger partial charge in [0.1, 0.15) is 0 Å². The molecular formula is C18H24ClNO2. The molecule has 22 heavy (non-hydrogen) atoms. The molecule has 1 aromatic carbocycles. The second-order valence-corrected chi connectivity index (χ2v) is 7.66. The average Bonchev–Trinajstić information content (AvgIpc) is 2.36. The Morgan fingerprint density at radius 3 is 2.45 bits per heavy atom. The smallest absolute Gasteiger partial charge is 0.289 e. The van der Waals surface area contributed by atoms with Crippen LogP contribution >= 0.6 is 11.6 Å². The van der Waals surface area contributed by atoms with Crippen LogP contribution in [-0.2, 0) is 21.4 Å². The van der Waals surface area contributed by atoms with E-state index in [-0.39, 0.29) is 17.1 Å². The molecule has 0 unspecified atom stereocenters.